The number of aryl methyl sites for hydroxylation is 1. The van der Waals surface area contributed by atoms with Crippen molar-refractivity contribution in [2.45, 2.75) is 32.0 Å². The van der Waals surface area contributed by atoms with Gasteiger partial charge >= 0.3 is 0 Å². The molecule has 10 heteroatoms. The molecule has 0 spiro atoms. The second-order valence-corrected chi connectivity index (χ2v) is 10.3. The minimum atomic E-state index is -0.0649. The summed E-state index contributed by atoms with van der Waals surface area (Å²) in [6.45, 7) is 3.79. The lowest BCUT2D eigenvalue weighted by molar-refractivity contribution is 0.0655. The molecule has 0 amide bonds. The van der Waals surface area contributed by atoms with Gasteiger partial charge in [-0.15, -0.1) is 10.2 Å². The zero-order valence-corrected chi connectivity index (χ0v) is 22.0. The molecule has 5 aromatic rings. The maximum Gasteiger partial charge on any atom is 0.296 e. The summed E-state index contributed by atoms with van der Waals surface area (Å²) in [7, 11) is 0. The van der Waals surface area contributed by atoms with E-state index in [9.17, 15) is 0 Å². The number of pyridine rings is 1. The van der Waals surface area contributed by atoms with Crippen LogP contribution in [0.5, 0.6) is 6.01 Å². The first-order valence-electron chi connectivity index (χ1n) is 13.0. The van der Waals surface area contributed by atoms with Crippen LogP contribution in [0.25, 0.3) is 45.0 Å². The number of rotatable bonds is 5. The third kappa shape index (κ3) is 4.78. The molecule has 0 radical (unpaired) electrons. The molecule has 1 N–H and O–H groups in total. The summed E-state index contributed by atoms with van der Waals surface area (Å²) in [6.07, 6.45) is 1.93. The minimum Gasteiger partial charge on any atom is -0.459 e. The number of hydrogen-bond acceptors (Lipinski definition) is 8. The third-order valence-electron chi connectivity index (χ3n) is 7.39. The average Bonchev–Trinajstić information content (AvgIpc) is 3.62. The van der Waals surface area contributed by atoms with Gasteiger partial charge in [-0.1, -0.05) is 48.0 Å². The van der Waals surface area contributed by atoms with Crippen molar-refractivity contribution in [2.24, 2.45) is 5.92 Å². The van der Waals surface area contributed by atoms with Gasteiger partial charge < -0.3 is 23.6 Å². The van der Waals surface area contributed by atoms with E-state index < -0.39 is 0 Å². The van der Waals surface area contributed by atoms with Crippen molar-refractivity contribution in [3.8, 4) is 39.8 Å². The van der Waals surface area contributed by atoms with E-state index >= 15 is 0 Å². The fourth-order valence-electron chi connectivity index (χ4n) is 5.35. The lowest BCUT2D eigenvalue weighted by atomic mass is 9.94. The highest BCUT2D eigenvalue weighted by Gasteiger charge is 2.40. The van der Waals surface area contributed by atoms with Crippen molar-refractivity contribution in [3.63, 3.8) is 0 Å². The lowest BCUT2D eigenvalue weighted by Gasteiger charge is -2.19. The van der Waals surface area contributed by atoms with Crippen LogP contribution < -0.4 is 4.74 Å². The van der Waals surface area contributed by atoms with E-state index in [0.717, 1.165) is 53.8 Å². The van der Waals surface area contributed by atoms with E-state index in [0.29, 0.717) is 46.7 Å². The van der Waals surface area contributed by atoms with Gasteiger partial charge in [0.2, 0.25) is 11.8 Å². The molecule has 0 aliphatic carbocycles. The summed E-state index contributed by atoms with van der Waals surface area (Å²) < 4.78 is 23.3. The number of ether oxygens (including phenoxy) is 3. The van der Waals surface area contributed by atoms with Gasteiger partial charge in [0, 0.05) is 37.2 Å². The molecule has 2 saturated heterocycles. The van der Waals surface area contributed by atoms with Crippen LogP contribution in [0, 0.1) is 12.8 Å². The van der Waals surface area contributed by atoms with Crippen LogP contribution in [0.3, 0.4) is 0 Å². The molecule has 3 atom stereocenters. The maximum atomic E-state index is 6.66. The van der Waals surface area contributed by atoms with E-state index in [1.165, 1.54) is 0 Å². The number of nitrogens with zero attached hydrogens (tertiary/aromatic N) is 4. The number of imidazole rings is 1. The Balaban J connectivity index is 1.10. The van der Waals surface area contributed by atoms with Crippen LogP contribution in [0.15, 0.2) is 59.0 Å². The van der Waals surface area contributed by atoms with Crippen LogP contribution in [-0.2, 0) is 9.47 Å². The third-order valence-corrected chi connectivity index (χ3v) is 7.68. The zero-order chi connectivity index (χ0) is 26.3. The molecule has 3 unspecified atom stereocenters. The van der Waals surface area contributed by atoms with Crippen molar-refractivity contribution < 1.29 is 18.6 Å². The number of halogens is 1. The van der Waals surface area contributed by atoms with Gasteiger partial charge in [0.05, 0.1) is 28.9 Å². The molecule has 3 aromatic heterocycles. The highest BCUT2D eigenvalue weighted by Crippen LogP contribution is 2.34. The molecule has 7 rings (SSSR count). The molecule has 2 aliphatic heterocycles. The molecule has 2 aromatic carbocycles. The maximum absolute atomic E-state index is 6.66. The Bertz CT molecular complexity index is 1620. The smallest absolute Gasteiger partial charge is 0.296 e. The fraction of sp³-hybridized carbons (Fsp3) is 0.310. The van der Waals surface area contributed by atoms with Crippen molar-refractivity contribution in [2.75, 3.05) is 19.8 Å². The van der Waals surface area contributed by atoms with Crippen molar-refractivity contribution in [1.82, 2.24) is 25.1 Å². The van der Waals surface area contributed by atoms with Crippen LogP contribution in [0.2, 0.25) is 5.02 Å². The van der Waals surface area contributed by atoms with Gasteiger partial charge in [0.25, 0.3) is 6.01 Å². The van der Waals surface area contributed by atoms with Gasteiger partial charge in [-0.3, -0.25) is 0 Å². The Kier molecular flexibility index (Phi) is 6.27. The predicted octanol–water partition coefficient (Wildman–Crippen LogP) is 5.88. The van der Waals surface area contributed by atoms with Gasteiger partial charge in [0.1, 0.15) is 6.10 Å². The topological polar surface area (TPSA) is 108 Å². The van der Waals surface area contributed by atoms with Crippen LogP contribution in [0.1, 0.15) is 18.7 Å². The van der Waals surface area contributed by atoms with Gasteiger partial charge in [-0.05, 0) is 42.2 Å². The standard InChI is InChI=1S/C29H26ClN5O4/c1-16-34-35-28(38-16)20-8-4-18(5-9-20)17-2-6-19(7-3-17)26-22(30)14-23-27(32-26)33-29(31-23)39-25-15-37-24-11-13-36-12-10-21(24)25/h2-9,14,21,24-25H,10-13,15H2,1H3,(H,31,32,33). The van der Waals surface area contributed by atoms with Gasteiger partial charge in [-0.2, -0.15) is 4.98 Å². The number of H-pyrrole nitrogens is 1. The highest BCUT2D eigenvalue weighted by molar-refractivity contribution is 6.33. The molecule has 2 aliphatic rings. The predicted molar refractivity (Wildman–Crippen MR) is 145 cm³/mol. The Hall–Kier alpha value is -3.79. The molecule has 5 heterocycles. The summed E-state index contributed by atoms with van der Waals surface area (Å²) in [5.74, 6) is 1.35. The number of aromatic nitrogens is 5. The number of hydrogen-bond donors (Lipinski definition) is 1. The normalized spacial score (nSPS) is 21.1. The molecule has 0 bridgehead atoms. The number of benzene rings is 2. The lowest BCUT2D eigenvalue weighted by Crippen LogP contribution is -2.29. The SMILES string of the molecule is Cc1nnc(-c2ccc(-c3ccc(-c4nc5nc(OC6COC7CCOCCC76)[nH]c5cc4Cl)cc3)cc2)o1. The number of fused-ring (bicyclic) bond motifs is 2. The summed E-state index contributed by atoms with van der Waals surface area (Å²) >= 11 is 6.66. The summed E-state index contributed by atoms with van der Waals surface area (Å²) in [6, 6.07) is 18.4. The number of aromatic amines is 1. The van der Waals surface area contributed by atoms with Crippen molar-refractivity contribution in [1.29, 1.82) is 0 Å². The monoisotopic (exact) mass is 543 g/mol. The number of nitrogens with one attached hydrogen (secondary N) is 1. The van der Waals surface area contributed by atoms with E-state index in [4.69, 9.17) is 35.2 Å². The van der Waals surface area contributed by atoms with Crippen LogP contribution in [0.4, 0.5) is 0 Å². The fourth-order valence-corrected chi connectivity index (χ4v) is 5.61. The average molecular weight is 544 g/mol. The summed E-state index contributed by atoms with van der Waals surface area (Å²) in [5.41, 5.74) is 5.88. The quantitative estimate of drug-likeness (QED) is 0.293. The second-order valence-electron chi connectivity index (χ2n) is 9.89. The zero-order valence-electron chi connectivity index (χ0n) is 21.3. The van der Waals surface area contributed by atoms with Crippen LogP contribution in [-0.4, -0.2) is 57.2 Å². The van der Waals surface area contributed by atoms with Gasteiger partial charge in [-0.25, -0.2) is 4.98 Å². The van der Waals surface area contributed by atoms with Crippen molar-refractivity contribution in [3.05, 3.63) is 65.5 Å². The molecule has 2 fully saturated rings. The van der Waals surface area contributed by atoms with Crippen molar-refractivity contribution >= 4 is 22.8 Å². The largest absolute Gasteiger partial charge is 0.459 e. The molecule has 39 heavy (non-hydrogen) atoms. The first kappa shape index (κ1) is 24.3. The Morgan fingerprint density at radius 3 is 2.36 bits per heavy atom. The van der Waals surface area contributed by atoms with Gasteiger partial charge in [0.15, 0.2) is 5.65 Å². The Labute approximate surface area is 229 Å². The minimum absolute atomic E-state index is 0.0649. The molecule has 0 saturated carbocycles. The van der Waals surface area contributed by atoms with Crippen LogP contribution >= 0.6 is 11.6 Å². The van der Waals surface area contributed by atoms with E-state index in [-0.39, 0.29) is 12.2 Å². The van der Waals surface area contributed by atoms with E-state index in [1.54, 1.807) is 6.92 Å². The highest BCUT2D eigenvalue weighted by atomic mass is 35.5. The summed E-state index contributed by atoms with van der Waals surface area (Å²) in [5, 5.41) is 8.51. The first-order chi connectivity index (χ1) is 19.1. The Morgan fingerprint density at radius 2 is 1.62 bits per heavy atom. The molecule has 9 nitrogen and oxygen atoms in total. The van der Waals surface area contributed by atoms with E-state index in [2.05, 4.69) is 32.3 Å². The Morgan fingerprint density at radius 1 is 0.897 bits per heavy atom. The van der Waals surface area contributed by atoms with E-state index in [1.807, 2.05) is 42.5 Å². The molecular weight excluding hydrogens is 518 g/mol. The molecular formula is C29H26ClN5O4. The molecule has 198 valence electrons. The first-order valence-corrected chi connectivity index (χ1v) is 13.4. The second kappa shape index (κ2) is 10.1. The summed E-state index contributed by atoms with van der Waals surface area (Å²) in [4.78, 5) is 12.6.